The van der Waals surface area contributed by atoms with E-state index in [1.165, 1.54) is 11.6 Å². The van der Waals surface area contributed by atoms with Crippen LogP contribution in [0.25, 0.3) is 16.9 Å². The molecule has 0 bridgehead atoms. The highest BCUT2D eigenvalue weighted by Gasteiger charge is 2.21. The van der Waals surface area contributed by atoms with Crippen LogP contribution in [0.1, 0.15) is 32.0 Å². The fourth-order valence-electron chi connectivity index (χ4n) is 3.05. The van der Waals surface area contributed by atoms with Crippen molar-refractivity contribution < 1.29 is 4.79 Å². The number of carbonyl (C=O) groups excluding carboxylic acids is 1. The predicted molar refractivity (Wildman–Crippen MR) is 89.1 cm³/mol. The van der Waals surface area contributed by atoms with Crippen LogP contribution in [-0.4, -0.2) is 29.0 Å². The van der Waals surface area contributed by atoms with E-state index in [1.807, 2.05) is 17.7 Å². The lowest BCUT2D eigenvalue weighted by Gasteiger charge is -2.12. The normalized spacial score (nSPS) is 13.0. The second kappa shape index (κ2) is 5.36. The number of fused-ring (bicyclic) bond motifs is 3. The number of hydrogen-bond acceptors (Lipinski definition) is 4. The smallest absolute Gasteiger partial charge is 0.332 e. The predicted octanol–water partition coefficient (Wildman–Crippen LogP) is -0.0859. The zero-order chi connectivity index (χ0) is 17.8. The van der Waals surface area contributed by atoms with Gasteiger partial charge in [0.2, 0.25) is 11.7 Å². The summed E-state index contributed by atoms with van der Waals surface area (Å²) in [6, 6.07) is 0.198. The SMILES string of the molecule is CC[C@H](C)n1c(C)cn2c3c(=O)n(CC(N)=O)c(=O)n(C)c3nc12. The molecule has 0 fully saturated rings. The van der Waals surface area contributed by atoms with Crippen molar-refractivity contribution in [3.63, 3.8) is 0 Å². The lowest BCUT2D eigenvalue weighted by atomic mass is 10.2. The van der Waals surface area contributed by atoms with Gasteiger partial charge in [0.05, 0.1) is 0 Å². The Kier molecular flexibility index (Phi) is 3.58. The Labute approximate surface area is 136 Å². The summed E-state index contributed by atoms with van der Waals surface area (Å²) >= 11 is 0. The molecule has 3 heterocycles. The third-order valence-corrected chi connectivity index (χ3v) is 4.41. The molecule has 0 aliphatic heterocycles. The zero-order valence-corrected chi connectivity index (χ0v) is 14.1. The maximum atomic E-state index is 12.7. The van der Waals surface area contributed by atoms with Crippen molar-refractivity contribution in [3.8, 4) is 0 Å². The molecule has 0 aromatic carbocycles. The molecule has 0 radical (unpaired) electrons. The van der Waals surface area contributed by atoms with Crippen molar-refractivity contribution >= 4 is 22.8 Å². The number of nitrogens with two attached hydrogens (primary N) is 1. The first-order valence-electron chi connectivity index (χ1n) is 7.75. The summed E-state index contributed by atoms with van der Waals surface area (Å²) < 4.78 is 5.82. The van der Waals surface area contributed by atoms with Crippen LogP contribution in [0.4, 0.5) is 0 Å². The topological polar surface area (TPSA) is 109 Å². The highest BCUT2D eigenvalue weighted by atomic mass is 16.2. The number of primary amides is 1. The summed E-state index contributed by atoms with van der Waals surface area (Å²) in [4.78, 5) is 40.8. The molecule has 24 heavy (non-hydrogen) atoms. The average Bonchev–Trinajstić information content (AvgIpc) is 3.03. The van der Waals surface area contributed by atoms with Crippen molar-refractivity contribution in [2.45, 2.75) is 39.8 Å². The summed E-state index contributed by atoms with van der Waals surface area (Å²) in [5.41, 5.74) is 5.49. The molecule has 9 nitrogen and oxygen atoms in total. The molecular formula is C15H20N6O3. The quantitative estimate of drug-likeness (QED) is 0.720. The Bertz CT molecular complexity index is 1080. The molecule has 9 heteroatoms. The number of imidazole rings is 2. The zero-order valence-electron chi connectivity index (χ0n) is 14.1. The first kappa shape index (κ1) is 16.0. The van der Waals surface area contributed by atoms with E-state index in [0.29, 0.717) is 5.78 Å². The van der Waals surface area contributed by atoms with E-state index >= 15 is 0 Å². The van der Waals surface area contributed by atoms with E-state index in [4.69, 9.17) is 5.73 Å². The van der Waals surface area contributed by atoms with Crippen LogP contribution in [0, 0.1) is 6.92 Å². The summed E-state index contributed by atoms with van der Waals surface area (Å²) in [5, 5.41) is 0. The number of aromatic nitrogens is 5. The van der Waals surface area contributed by atoms with Crippen LogP contribution in [0.3, 0.4) is 0 Å². The van der Waals surface area contributed by atoms with E-state index in [0.717, 1.165) is 16.7 Å². The minimum atomic E-state index is -0.748. The third kappa shape index (κ3) is 2.08. The first-order chi connectivity index (χ1) is 11.3. The molecule has 3 rings (SSSR count). The van der Waals surface area contributed by atoms with Gasteiger partial charge in [-0.1, -0.05) is 6.92 Å². The number of carbonyl (C=O) groups is 1. The Morgan fingerprint density at radius 1 is 1.38 bits per heavy atom. The molecule has 1 amide bonds. The maximum Gasteiger partial charge on any atom is 0.332 e. The van der Waals surface area contributed by atoms with Crippen molar-refractivity contribution in [2.75, 3.05) is 0 Å². The van der Waals surface area contributed by atoms with Gasteiger partial charge in [-0.2, -0.15) is 4.98 Å². The number of amides is 1. The maximum absolute atomic E-state index is 12.7. The van der Waals surface area contributed by atoms with E-state index in [9.17, 15) is 14.4 Å². The van der Waals surface area contributed by atoms with Gasteiger partial charge >= 0.3 is 5.69 Å². The standard InChI is InChI=1S/C15H20N6O3/c1-5-8(2)21-9(3)6-19-11-12(17-14(19)21)18(4)15(24)20(13(11)23)7-10(16)22/h6,8H,5,7H2,1-4H3,(H2,16,22)/t8-/m0/s1. The molecular weight excluding hydrogens is 312 g/mol. The number of rotatable bonds is 4. The average molecular weight is 332 g/mol. The van der Waals surface area contributed by atoms with Gasteiger partial charge in [-0.3, -0.25) is 18.6 Å². The molecule has 1 atom stereocenters. The van der Waals surface area contributed by atoms with Gasteiger partial charge in [-0.25, -0.2) is 9.36 Å². The van der Waals surface area contributed by atoms with Crippen molar-refractivity contribution in [3.05, 3.63) is 32.7 Å². The number of aryl methyl sites for hydroxylation is 2. The molecule has 0 saturated carbocycles. The van der Waals surface area contributed by atoms with E-state index in [1.54, 1.807) is 4.40 Å². The van der Waals surface area contributed by atoms with Gasteiger partial charge in [0, 0.05) is 25.0 Å². The second-order valence-corrected chi connectivity index (χ2v) is 6.05. The molecule has 128 valence electrons. The first-order valence-corrected chi connectivity index (χ1v) is 7.75. The third-order valence-electron chi connectivity index (χ3n) is 4.41. The number of hydrogen-bond donors (Lipinski definition) is 1. The van der Waals surface area contributed by atoms with Gasteiger partial charge in [-0.15, -0.1) is 0 Å². The highest BCUT2D eigenvalue weighted by molar-refractivity contribution is 5.77. The number of nitrogens with zero attached hydrogens (tertiary/aromatic N) is 5. The van der Waals surface area contributed by atoms with Crippen LogP contribution in [0.2, 0.25) is 0 Å². The fraction of sp³-hybridized carbons (Fsp3) is 0.467. The van der Waals surface area contributed by atoms with Gasteiger partial charge in [0.1, 0.15) is 6.54 Å². The minimum absolute atomic E-state index is 0.198. The summed E-state index contributed by atoms with van der Waals surface area (Å²) in [6.07, 6.45) is 2.72. The van der Waals surface area contributed by atoms with Gasteiger partial charge in [0.25, 0.3) is 5.56 Å². The molecule has 0 saturated heterocycles. The van der Waals surface area contributed by atoms with Crippen LogP contribution in [0.5, 0.6) is 0 Å². The molecule has 2 N–H and O–H groups in total. The summed E-state index contributed by atoms with van der Waals surface area (Å²) in [6.45, 7) is 5.62. The van der Waals surface area contributed by atoms with Crippen molar-refractivity contribution in [1.29, 1.82) is 0 Å². The van der Waals surface area contributed by atoms with E-state index in [2.05, 4.69) is 18.8 Å². The lowest BCUT2D eigenvalue weighted by Crippen LogP contribution is -2.42. The Morgan fingerprint density at radius 3 is 2.62 bits per heavy atom. The lowest BCUT2D eigenvalue weighted by molar-refractivity contribution is -0.118. The Hall–Kier alpha value is -2.84. The molecule has 0 spiro atoms. The minimum Gasteiger partial charge on any atom is -0.368 e. The molecule has 0 unspecified atom stereocenters. The van der Waals surface area contributed by atoms with Crippen molar-refractivity contribution in [2.24, 2.45) is 12.8 Å². The molecule has 3 aromatic heterocycles. The monoisotopic (exact) mass is 332 g/mol. The molecule has 3 aromatic rings. The van der Waals surface area contributed by atoms with Crippen LogP contribution in [-0.2, 0) is 18.4 Å². The fourth-order valence-corrected chi connectivity index (χ4v) is 3.05. The van der Waals surface area contributed by atoms with E-state index < -0.39 is 23.7 Å². The van der Waals surface area contributed by atoms with Crippen LogP contribution >= 0.6 is 0 Å². The highest BCUT2D eigenvalue weighted by Crippen LogP contribution is 2.21. The molecule has 0 aliphatic rings. The van der Waals surface area contributed by atoms with Gasteiger partial charge in [0.15, 0.2) is 11.2 Å². The Balaban J connectivity index is 2.48. The Morgan fingerprint density at radius 2 is 2.04 bits per heavy atom. The largest absolute Gasteiger partial charge is 0.368 e. The second-order valence-electron chi connectivity index (χ2n) is 6.05. The molecule has 0 aliphatic carbocycles. The van der Waals surface area contributed by atoms with Crippen LogP contribution < -0.4 is 17.0 Å². The van der Waals surface area contributed by atoms with Crippen molar-refractivity contribution in [1.82, 2.24) is 23.1 Å². The van der Waals surface area contributed by atoms with Gasteiger partial charge in [-0.05, 0) is 20.3 Å². The summed E-state index contributed by atoms with van der Waals surface area (Å²) in [5.74, 6) is -0.150. The van der Waals surface area contributed by atoms with E-state index in [-0.39, 0.29) is 17.2 Å². The summed E-state index contributed by atoms with van der Waals surface area (Å²) in [7, 11) is 1.52. The van der Waals surface area contributed by atoms with Gasteiger partial charge < -0.3 is 10.3 Å². The van der Waals surface area contributed by atoms with Crippen LogP contribution in [0.15, 0.2) is 15.8 Å².